The Kier molecular flexibility index (Phi) is 6.62. The van der Waals surface area contributed by atoms with Gasteiger partial charge in [-0.1, -0.05) is 47.8 Å². The van der Waals surface area contributed by atoms with Gasteiger partial charge >= 0.3 is 0 Å². The van der Waals surface area contributed by atoms with Crippen molar-refractivity contribution in [1.29, 1.82) is 0 Å². The van der Waals surface area contributed by atoms with Gasteiger partial charge in [0.25, 0.3) is 0 Å². The summed E-state index contributed by atoms with van der Waals surface area (Å²) >= 11 is 2.96. The van der Waals surface area contributed by atoms with E-state index in [1.807, 2.05) is 24.3 Å². The van der Waals surface area contributed by atoms with Crippen molar-refractivity contribution in [2.24, 2.45) is 0 Å². The number of nitrogens with zero attached hydrogens (tertiary/aromatic N) is 3. The van der Waals surface area contributed by atoms with Crippen LogP contribution in [0.1, 0.15) is 11.1 Å². The molecule has 1 amide bonds. The third-order valence-corrected chi connectivity index (χ3v) is 5.76. The van der Waals surface area contributed by atoms with E-state index in [1.54, 1.807) is 36.5 Å². The molecule has 0 bridgehead atoms. The van der Waals surface area contributed by atoms with Crippen LogP contribution in [0.2, 0.25) is 0 Å². The molecule has 5 nitrogen and oxygen atoms in total. The number of carbonyl (C=O) groups excluding carboxylic acids is 1. The highest BCUT2D eigenvalue weighted by atomic mass is 32.2. The zero-order valence-electron chi connectivity index (χ0n) is 14.3. The molecular formula is C19H18N4OS2. The van der Waals surface area contributed by atoms with Gasteiger partial charge < -0.3 is 5.32 Å². The second-order valence-electron chi connectivity index (χ2n) is 5.46. The summed E-state index contributed by atoms with van der Waals surface area (Å²) in [6, 6.07) is 11.9. The van der Waals surface area contributed by atoms with Crippen LogP contribution in [0.15, 0.2) is 76.1 Å². The lowest BCUT2D eigenvalue weighted by Crippen LogP contribution is -2.24. The summed E-state index contributed by atoms with van der Waals surface area (Å²) in [5, 5.41) is 4.47. The molecule has 0 unspecified atom stereocenters. The van der Waals surface area contributed by atoms with Crippen molar-refractivity contribution in [2.45, 2.75) is 28.4 Å². The average Bonchev–Trinajstić information content (AvgIpc) is 2.68. The Morgan fingerprint density at radius 2 is 1.85 bits per heavy atom. The second-order valence-corrected chi connectivity index (χ2v) is 7.46. The lowest BCUT2D eigenvalue weighted by molar-refractivity contribution is -0.118. The minimum absolute atomic E-state index is 0.0450. The number of benzene rings is 1. The maximum absolute atomic E-state index is 12.1. The lowest BCUT2D eigenvalue weighted by atomic mass is 10.2. The van der Waals surface area contributed by atoms with Gasteiger partial charge in [-0.15, -0.1) is 0 Å². The zero-order chi connectivity index (χ0) is 18.2. The van der Waals surface area contributed by atoms with Gasteiger partial charge in [0.2, 0.25) is 5.91 Å². The predicted octanol–water partition coefficient (Wildman–Crippen LogP) is 3.74. The molecule has 0 atom stereocenters. The number of rotatable bonds is 7. The Bertz CT molecular complexity index is 874. The number of aromatic nitrogens is 3. The molecule has 1 N–H and O–H groups in total. The van der Waals surface area contributed by atoms with Gasteiger partial charge in [-0.25, -0.2) is 9.97 Å². The molecule has 7 heteroatoms. The first kappa shape index (κ1) is 18.4. The number of pyridine rings is 1. The van der Waals surface area contributed by atoms with Crippen LogP contribution in [0.25, 0.3) is 0 Å². The van der Waals surface area contributed by atoms with Gasteiger partial charge in [0, 0.05) is 36.2 Å². The number of carbonyl (C=O) groups is 1. The van der Waals surface area contributed by atoms with Crippen LogP contribution in [0.4, 0.5) is 0 Å². The number of nitrogens with one attached hydrogen (secondary N) is 1. The highest BCUT2D eigenvalue weighted by molar-refractivity contribution is 8.02. The molecule has 1 aromatic carbocycles. The number of thioether (sulfide) groups is 1. The molecule has 0 spiro atoms. The normalized spacial score (nSPS) is 10.5. The number of aryl methyl sites for hydroxylation is 1. The molecule has 0 radical (unpaired) electrons. The molecule has 0 saturated heterocycles. The summed E-state index contributed by atoms with van der Waals surface area (Å²) in [7, 11) is 0. The van der Waals surface area contributed by atoms with Crippen LogP contribution in [0.3, 0.4) is 0 Å². The molecule has 26 heavy (non-hydrogen) atoms. The maximum Gasteiger partial charge on any atom is 0.230 e. The summed E-state index contributed by atoms with van der Waals surface area (Å²) in [5.41, 5.74) is 2.16. The predicted molar refractivity (Wildman–Crippen MR) is 104 cm³/mol. The molecule has 0 aliphatic rings. The van der Waals surface area contributed by atoms with Crippen molar-refractivity contribution >= 4 is 29.4 Å². The quantitative estimate of drug-likeness (QED) is 0.628. The summed E-state index contributed by atoms with van der Waals surface area (Å²) < 4.78 is 0. The molecule has 3 aromatic rings. The fourth-order valence-corrected chi connectivity index (χ4v) is 3.97. The molecule has 0 saturated carbocycles. The van der Waals surface area contributed by atoms with Crippen LogP contribution < -0.4 is 5.32 Å². The highest BCUT2D eigenvalue weighted by Crippen LogP contribution is 2.33. The summed E-state index contributed by atoms with van der Waals surface area (Å²) in [5.74, 6) is 0.247. The first-order valence-electron chi connectivity index (χ1n) is 8.05. The molecule has 2 heterocycles. The van der Waals surface area contributed by atoms with Crippen LogP contribution in [-0.4, -0.2) is 26.6 Å². The Hall–Kier alpha value is -2.38. The fourth-order valence-electron chi connectivity index (χ4n) is 2.14. The van der Waals surface area contributed by atoms with E-state index in [0.29, 0.717) is 12.3 Å². The van der Waals surface area contributed by atoms with Gasteiger partial charge in [-0.2, -0.15) is 0 Å². The van der Waals surface area contributed by atoms with Gasteiger partial charge in [-0.05, 0) is 30.2 Å². The van der Waals surface area contributed by atoms with Crippen LogP contribution in [-0.2, 0) is 11.3 Å². The van der Waals surface area contributed by atoms with E-state index in [-0.39, 0.29) is 5.91 Å². The van der Waals surface area contributed by atoms with E-state index >= 15 is 0 Å². The van der Waals surface area contributed by atoms with Crippen molar-refractivity contribution in [1.82, 2.24) is 20.3 Å². The minimum Gasteiger partial charge on any atom is -0.351 e. The molecule has 0 aliphatic heterocycles. The minimum atomic E-state index is -0.0450. The van der Waals surface area contributed by atoms with Crippen LogP contribution >= 0.6 is 23.5 Å². The van der Waals surface area contributed by atoms with Gasteiger partial charge in [0.05, 0.1) is 5.75 Å². The Labute approximate surface area is 161 Å². The van der Waals surface area contributed by atoms with Gasteiger partial charge in [-0.3, -0.25) is 9.78 Å². The van der Waals surface area contributed by atoms with Crippen LogP contribution in [0, 0.1) is 6.92 Å². The van der Waals surface area contributed by atoms with Crippen molar-refractivity contribution in [3.63, 3.8) is 0 Å². The third kappa shape index (κ3) is 5.31. The van der Waals surface area contributed by atoms with Crippen LogP contribution in [0.5, 0.6) is 0 Å². The van der Waals surface area contributed by atoms with Crippen molar-refractivity contribution in [2.75, 3.05) is 5.75 Å². The number of hydrogen-bond acceptors (Lipinski definition) is 6. The molecule has 0 aliphatic carbocycles. The Balaban J connectivity index is 1.58. The second kappa shape index (κ2) is 9.35. The summed E-state index contributed by atoms with van der Waals surface area (Å²) in [6.45, 7) is 2.54. The van der Waals surface area contributed by atoms with Gasteiger partial charge in [0.15, 0.2) is 0 Å². The number of hydrogen-bond donors (Lipinski definition) is 1. The molecule has 0 fully saturated rings. The summed E-state index contributed by atoms with van der Waals surface area (Å²) in [6.07, 6.45) is 6.78. The Morgan fingerprint density at radius 1 is 1.04 bits per heavy atom. The highest BCUT2D eigenvalue weighted by Gasteiger charge is 2.11. The smallest absolute Gasteiger partial charge is 0.230 e. The van der Waals surface area contributed by atoms with E-state index < -0.39 is 0 Å². The van der Waals surface area contributed by atoms with Crippen molar-refractivity contribution in [3.05, 3.63) is 72.3 Å². The van der Waals surface area contributed by atoms with Crippen molar-refractivity contribution in [3.8, 4) is 0 Å². The SMILES string of the molecule is Cc1ccccc1Sc1nccnc1SCC(=O)NCc1cccnc1. The van der Waals surface area contributed by atoms with E-state index in [9.17, 15) is 4.79 Å². The zero-order valence-corrected chi connectivity index (χ0v) is 15.9. The average molecular weight is 383 g/mol. The molecule has 2 aromatic heterocycles. The molecular weight excluding hydrogens is 364 g/mol. The van der Waals surface area contributed by atoms with Crippen molar-refractivity contribution < 1.29 is 4.79 Å². The standard InChI is InChI=1S/C19H18N4OS2/c1-14-5-2-3-7-16(14)26-19-18(21-9-10-22-19)25-13-17(24)23-12-15-6-4-8-20-11-15/h2-11H,12-13H2,1H3,(H,23,24). The monoisotopic (exact) mass is 382 g/mol. The third-order valence-electron chi connectivity index (χ3n) is 3.49. The van der Waals surface area contributed by atoms with E-state index in [2.05, 4.69) is 39.3 Å². The maximum atomic E-state index is 12.1. The van der Waals surface area contributed by atoms with E-state index in [0.717, 1.165) is 20.5 Å². The Morgan fingerprint density at radius 3 is 2.62 bits per heavy atom. The lowest BCUT2D eigenvalue weighted by Gasteiger charge is -2.09. The van der Waals surface area contributed by atoms with E-state index in [4.69, 9.17) is 0 Å². The topological polar surface area (TPSA) is 67.8 Å². The van der Waals surface area contributed by atoms with E-state index in [1.165, 1.54) is 17.3 Å². The fraction of sp³-hybridized carbons (Fsp3) is 0.158. The molecule has 132 valence electrons. The molecule has 3 rings (SSSR count). The largest absolute Gasteiger partial charge is 0.351 e. The summed E-state index contributed by atoms with van der Waals surface area (Å²) in [4.78, 5) is 26.1. The number of amides is 1. The first-order valence-corrected chi connectivity index (χ1v) is 9.85. The first-order chi connectivity index (χ1) is 12.7. The van der Waals surface area contributed by atoms with Gasteiger partial charge in [0.1, 0.15) is 10.1 Å².